The molecule has 146 valence electrons. The SMILES string of the molecule is CC(Nc1cc2cc(-c3cnn(C)c3)ccc2cn1)c1ccc2c(c1)CNCC2. The lowest BCUT2D eigenvalue weighted by Gasteiger charge is -2.21. The van der Waals surface area contributed by atoms with Crippen molar-refractivity contribution in [1.29, 1.82) is 0 Å². The highest BCUT2D eigenvalue weighted by molar-refractivity contribution is 5.88. The van der Waals surface area contributed by atoms with E-state index in [4.69, 9.17) is 0 Å². The van der Waals surface area contributed by atoms with E-state index in [0.29, 0.717) is 0 Å². The van der Waals surface area contributed by atoms with Gasteiger partial charge in [-0.3, -0.25) is 4.68 Å². The van der Waals surface area contributed by atoms with Gasteiger partial charge < -0.3 is 10.6 Å². The normalized spacial score (nSPS) is 14.6. The highest BCUT2D eigenvalue weighted by atomic mass is 15.2. The fraction of sp³-hybridized carbons (Fsp3) is 0.250. The Labute approximate surface area is 170 Å². The van der Waals surface area contributed by atoms with Crippen LogP contribution in [0.1, 0.15) is 29.7 Å². The van der Waals surface area contributed by atoms with E-state index < -0.39 is 0 Å². The first kappa shape index (κ1) is 17.9. The molecule has 0 saturated heterocycles. The van der Waals surface area contributed by atoms with Crippen molar-refractivity contribution in [1.82, 2.24) is 20.1 Å². The summed E-state index contributed by atoms with van der Waals surface area (Å²) < 4.78 is 1.83. The van der Waals surface area contributed by atoms with Crippen LogP contribution in [0.4, 0.5) is 5.82 Å². The number of aryl methyl sites for hydroxylation is 1. The first-order chi connectivity index (χ1) is 14.2. The molecule has 1 unspecified atom stereocenters. The molecule has 1 atom stereocenters. The molecule has 0 spiro atoms. The second-order valence-corrected chi connectivity index (χ2v) is 7.86. The Bertz CT molecular complexity index is 1180. The summed E-state index contributed by atoms with van der Waals surface area (Å²) in [5.74, 6) is 0.893. The molecule has 1 aliphatic heterocycles. The number of fused-ring (bicyclic) bond motifs is 2. The van der Waals surface area contributed by atoms with E-state index in [2.05, 4.69) is 70.1 Å². The topological polar surface area (TPSA) is 54.8 Å². The molecule has 0 radical (unpaired) electrons. The maximum Gasteiger partial charge on any atom is 0.126 e. The zero-order valence-corrected chi connectivity index (χ0v) is 16.8. The second kappa shape index (κ2) is 7.33. The van der Waals surface area contributed by atoms with Gasteiger partial charge in [-0.05, 0) is 59.7 Å². The van der Waals surface area contributed by atoms with E-state index in [9.17, 15) is 0 Å². The number of pyridine rings is 1. The van der Waals surface area contributed by atoms with Crippen molar-refractivity contribution in [2.45, 2.75) is 25.9 Å². The van der Waals surface area contributed by atoms with Crippen LogP contribution in [0.2, 0.25) is 0 Å². The van der Waals surface area contributed by atoms with Gasteiger partial charge in [0, 0.05) is 43.0 Å². The average molecular weight is 383 g/mol. The lowest BCUT2D eigenvalue weighted by molar-refractivity contribution is 0.642. The number of rotatable bonds is 4. The van der Waals surface area contributed by atoms with Crippen molar-refractivity contribution in [2.24, 2.45) is 7.05 Å². The molecule has 0 bridgehead atoms. The summed E-state index contributed by atoms with van der Waals surface area (Å²) in [6.45, 7) is 4.22. The number of hydrogen-bond donors (Lipinski definition) is 2. The fourth-order valence-electron chi connectivity index (χ4n) is 4.04. The van der Waals surface area contributed by atoms with E-state index >= 15 is 0 Å². The van der Waals surface area contributed by atoms with Gasteiger partial charge in [0.1, 0.15) is 5.82 Å². The standard InChI is InChI=1S/C24H25N5/c1-16(18-4-3-17-7-8-25-12-22(17)9-18)28-24-11-21-10-19(5-6-20(21)13-26-24)23-14-27-29(2)15-23/h3-6,9-11,13-16,25H,7-8,12H2,1-2H3,(H,26,28). The van der Waals surface area contributed by atoms with Crippen LogP contribution in [0, 0.1) is 0 Å². The Morgan fingerprint density at radius 3 is 2.79 bits per heavy atom. The summed E-state index contributed by atoms with van der Waals surface area (Å²) in [6.07, 6.45) is 6.99. The molecule has 0 fully saturated rings. The minimum Gasteiger partial charge on any atom is -0.364 e. The van der Waals surface area contributed by atoms with Gasteiger partial charge in [-0.2, -0.15) is 5.10 Å². The molecule has 2 aromatic heterocycles. The highest BCUT2D eigenvalue weighted by Gasteiger charge is 2.13. The first-order valence-corrected chi connectivity index (χ1v) is 10.1. The predicted octanol–water partition coefficient (Wildman–Crippen LogP) is 4.45. The molecule has 2 aromatic carbocycles. The van der Waals surface area contributed by atoms with Gasteiger partial charge in [-0.25, -0.2) is 4.98 Å². The highest BCUT2D eigenvalue weighted by Crippen LogP contribution is 2.27. The number of anilines is 1. The van der Waals surface area contributed by atoms with Crippen molar-refractivity contribution in [3.05, 3.63) is 77.7 Å². The Morgan fingerprint density at radius 1 is 1.00 bits per heavy atom. The quantitative estimate of drug-likeness (QED) is 0.546. The first-order valence-electron chi connectivity index (χ1n) is 10.1. The number of benzene rings is 2. The van der Waals surface area contributed by atoms with Crippen LogP contribution in [0.5, 0.6) is 0 Å². The molecule has 5 nitrogen and oxygen atoms in total. The maximum atomic E-state index is 4.63. The Hall–Kier alpha value is -3.18. The van der Waals surface area contributed by atoms with Crippen molar-refractivity contribution < 1.29 is 0 Å². The summed E-state index contributed by atoms with van der Waals surface area (Å²) in [5.41, 5.74) is 6.45. The van der Waals surface area contributed by atoms with Gasteiger partial charge in [-0.15, -0.1) is 0 Å². The van der Waals surface area contributed by atoms with Gasteiger partial charge in [0.25, 0.3) is 0 Å². The molecule has 2 N–H and O–H groups in total. The molecule has 29 heavy (non-hydrogen) atoms. The molecule has 5 heteroatoms. The summed E-state index contributed by atoms with van der Waals surface area (Å²) in [5, 5.41) is 13.6. The average Bonchev–Trinajstić information content (AvgIpc) is 3.19. The number of hydrogen-bond acceptors (Lipinski definition) is 4. The summed E-state index contributed by atoms with van der Waals surface area (Å²) in [7, 11) is 1.94. The van der Waals surface area contributed by atoms with E-state index in [-0.39, 0.29) is 6.04 Å². The van der Waals surface area contributed by atoms with E-state index in [1.807, 2.05) is 30.3 Å². The molecule has 0 amide bonds. The summed E-state index contributed by atoms with van der Waals surface area (Å²) >= 11 is 0. The van der Waals surface area contributed by atoms with Gasteiger partial charge in [0.2, 0.25) is 0 Å². The third-order valence-corrected chi connectivity index (χ3v) is 5.74. The molecule has 0 aliphatic carbocycles. The largest absolute Gasteiger partial charge is 0.364 e. The zero-order valence-electron chi connectivity index (χ0n) is 16.8. The lowest BCUT2D eigenvalue weighted by Crippen LogP contribution is -2.24. The summed E-state index contributed by atoms with van der Waals surface area (Å²) in [4.78, 5) is 4.63. The number of aromatic nitrogens is 3. The van der Waals surface area contributed by atoms with Crippen LogP contribution < -0.4 is 10.6 Å². The Morgan fingerprint density at radius 2 is 1.93 bits per heavy atom. The molecule has 0 saturated carbocycles. The molecular weight excluding hydrogens is 358 g/mol. The Kier molecular flexibility index (Phi) is 4.52. The minimum atomic E-state index is 0.189. The van der Waals surface area contributed by atoms with Gasteiger partial charge in [0.15, 0.2) is 0 Å². The maximum absolute atomic E-state index is 4.63. The molecule has 1 aliphatic rings. The summed E-state index contributed by atoms with van der Waals surface area (Å²) in [6, 6.07) is 15.6. The third kappa shape index (κ3) is 3.61. The van der Waals surface area contributed by atoms with Gasteiger partial charge in [-0.1, -0.05) is 30.3 Å². The van der Waals surface area contributed by atoms with E-state index in [1.54, 1.807) is 0 Å². The van der Waals surface area contributed by atoms with E-state index in [1.165, 1.54) is 22.1 Å². The zero-order chi connectivity index (χ0) is 19.8. The van der Waals surface area contributed by atoms with Crippen molar-refractivity contribution in [3.8, 4) is 11.1 Å². The fourth-order valence-corrected chi connectivity index (χ4v) is 4.04. The smallest absolute Gasteiger partial charge is 0.126 e. The van der Waals surface area contributed by atoms with Crippen LogP contribution in [0.3, 0.4) is 0 Å². The van der Waals surface area contributed by atoms with E-state index in [0.717, 1.165) is 41.8 Å². The van der Waals surface area contributed by atoms with Crippen LogP contribution in [-0.4, -0.2) is 21.3 Å². The van der Waals surface area contributed by atoms with Crippen LogP contribution in [-0.2, 0) is 20.0 Å². The predicted molar refractivity (Wildman–Crippen MR) is 118 cm³/mol. The lowest BCUT2D eigenvalue weighted by atomic mass is 9.96. The molecular formula is C24H25N5. The Balaban J connectivity index is 1.41. The number of nitrogens with one attached hydrogen (secondary N) is 2. The molecule has 5 rings (SSSR count). The van der Waals surface area contributed by atoms with Crippen molar-refractivity contribution in [3.63, 3.8) is 0 Å². The van der Waals surface area contributed by atoms with Crippen molar-refractivity contribution >= 4 is 16.6 Å². The van der Waals surface area contributed by atoms with Gasteiger partial charge in [0.05, 0.1) is 6.20 Å². The van der Waals surface area contributed by atoms with Crippen LogP contribution >= 0.6 is 0 Å². The van der Waals surface area contributed by atoms with Crippen LogP contribution in [0.15, 0.2) is 61.1 Å². The van der Waals surface area contributed by atoms with Crippen molar-refractivity contribution in [2.75, 3.05) is 11.9 Å². The van der Waals surface area contributed by atoms with Gasteiger partial charge >= 0.3 is 0 Å². The molecule has 3 heterocycles. The second-order valence-electron chi connectivity index (χ2n) is 7.86. The third-order valence-electron chi connectivity index (χ3n) is 5.74. The minimum absolute atomic E-state index is 0.189. The monoisotopic (exact) mass is 383 g/mol. The number of nitrogens with zero attached hydrogens (tertiary/aromatic N) is 3. The molecule has 4 aromatic rings. The van der Waals surface area contributed by atoms with Crippen LogP contribution in [0.25, 0.3) is 21.9 Å².